The lowest BCUT2D eigenvalue weighted by Gasteiger charge is -2.20. The van der Waals surface area contributed by atoms with Gasteiger partial charge in [0.1, 0.15) is 6.61 Å². The lowest BCUT2D eigenvalue weighted by molar-refractivity contribution is -0.131. The van der Waals surface area contributed by atoms with Crippen LogP contribution in [0.4, 0.5) is 4.79 Å². The van der Waals surface area contributed by atoms with Gasteiger partial charge in [0.05, 0.1) is 6.54 Å². The summed E-state index contributed by atoms with van der Waals surface area (Å²) in [5.41, 5.74) is 6.67. The van der Waals surface area contributed by atoms with Crippen LogP contribution in [-0.2, 0) is 11.3 Å². The van der Waals surface area contributed by atoms with Crippen LogP contribution in [0.25, 0.3) is 10.4 Å². The van der Waals surface area contributed by atoms with Crippen LogP contribution in [0.2, 0.25) is 0 Å². The number of phenols is 1. The molecule has 0 fully saturated rings. The number of fused-ring (bicyclic) bond motifs is 1. The Hall–Kier alpha value is -2.74. The first kappa shape index (κ1) is 18.1. The van der Waals surface area contributed by atoms with Crippen LogP contribution in [0.3, 0.4) is 0 Å². The van der Waals surface area contributed by atoms with Crippen molar-refractivity contribution < 1.29 is 19.4 Å². The Balaban J connectivity index is 1.80. The van der Waals surface area contributed by atoms with Gasteiger partial charge in [-0.3, -0.25) is 4.79 Å². The number of carbonyl (C=O) groups excluding carboxylic acids is 2. The number of aryl methyl sites for hydroxylation is 1. The molecule has 0 aliphatic carbocycles. The Morgan fingerprint density at radius 3 is 2.88 bits per heavy atom. The highest BCUT2D eigenvalue weighted by Gasteiger charge is 2.23. The van der Waals surface area contributed by atoms with Gasteiger partial charge in [-0.25, -0.2) is 4.79 Å². The van der Waals surface area contributed by atoms with E-state index >= 15 is 0 Å². The molecule has 7 nitrogen and oxygen atoms in total. The monoisotopic (exact) mass is 375 g/mol. The fraction of sp³-hybridized carbons (Fsp3) is 0.333. The zero-order valence-electron chi connectivity index (χ0n) is 14.4. The Kier molecular flexibility index (Phi) is 5.32. The average Bonchev–Trinajstić information content (AvgIpc) is 2.89. The van der Waals surface area contributed by atoms with E-state index in [2.05, 4.69) is 5.32 Å². The van der Waals surface area contributed by atoms with Crippen LogP contribution in [0.5, 0.6) is 11.5 Å². The molecule has 1 aromatic carbocycles. The molecule has 3 rings (SSSR count). The quantitative estimate of drug-likeness (QED) is 0.762. The molecule has 0 spiro atoms. The maximum atomic E-state index is 12.4. The molecule has 26 heavy (non-hydrogen) atoms. The fourth-order valence-electron chi connectivity index (χ4n) is 2.89. The number of hydrogen-bond donors (Lipinski definition) is 3. The number of thiophene rings is 1. The molecule has 0 saturated carbocycles. The second-order valence-corrected chi connectivity index (χ2v) is 7.39. The maximum Gasteiger partial charge on any atom is 0.312 e. The molecule has 138 valence electrons. The highest BCUT2D eigenvalue weighted by Crippen LogP contribution is 2.39. The normalized spacial score (nSPS) is 13.5. The number of phenolic OH excluding ortho intramolecular Hbond substituents is 1. The van der Waals surface area contributed by atoms with Crippen molar-refractivity contribution in [1.29, 1.82) is 0 Å². The van der Waals surface area contributed by atoms with E-state index in [1.165, 1.54) is 4.88 Å². The molecule has 2 heterocycles. The van der Waals surface area contributed by atoms with Crippen molar-refractivity contribution in [2.45, 2.75) is 19.9 Å². The minimum absolute atomic E-state index is 0.0771. The molecular formula is C18H21N3O4S. The molecule has 0 radical (unpaired) electrons. The number of ether oxygens (including phenoxy) is 1. The van der Waals surface area contributed by atoms with Crippen molar-refractivity contribution in [1.82, 2.24) is 10.2 Å². The highest BCUT2D eigenvalue weighted by atomic mass is 32.1. The number of nitrogens with zero attached hydrogens (tertiary/aromatic N) is 1. The predicted octanol–water partition coefficient (Wildman–Crippen LogP) is 2.21. The molecule has 1 aliphatic heterocycles. The Morgan fingerprint density at radius 1 is 1.38 bits per heavy atom. The largest absolute Gasteiger partial charge is 0.504 e. The smallest absolute Gasteiger partial charge is 0.312 e. The lowest BCUT2D eigenvalue weighted by Crippen LogP contribution is -2.36. The molecule has 0 bridgehead atoms. The van der Waals surface area contributed by atoms with Crippen LogP contribution in [0.15, 0.2) is 24.3 Å². The van der Waals surface area contributed by atoms with Gasteiger partial charge in [-0.2, -0.15) is 0 Å². The van der Waals surface area contributed by atoms with Gasteiger partial charge in [0.15, 0.2) is 11.5 Å². The molecular weight excluding hydrogens is 354 g/mol. The summed E-state index contributed by atoms with van der Waals surface area (Å²) in [6.45, 7) is 3.28. The predicted molar refractivity (Wildman–Crippen MR) is 99.3 cm³/mol. The Morgan fingerprint density at radius 2 is 2.19 bits per heavy atom. The average molecular weight is 375 g/mol. The van der Waals surface area contributed by atoms with Crippen LogP contribution in [0, 0.1) is 6.92 Å². The molecule has 2 aromatic rings. The number of carbonyl (C=O) groups is 2. The fourth-order valence-corrected chi connectivity index (χ4v) is 3.75. The third kappa shape index (κ3) is 4.08. The lowest BCUT2D eigenvalue weighted by atomic mass is 10.1. The Labute approximate surface area is 155 Å². The second-order valence-electron chi connectivity index (χ2n) is 6.10. The van der Waals surface area contributed by atoms with Crippen molar-refractivity contribution >= 4 is 23.3 Å². The number of primary amides is 1. The van der Waals surface area contributed by atoms with Crippen molar-refractivity contribution in [3.05, 3.63) is 34.7 Å². The van der Waals surface area contributed by atoms with E-state index in [-0.39, 0.29) is 24.6 Å². The van der Waals surface area contributed by atoms with Crippen molar-refractivity contribution in [3.63, 3.8) is 0 Å². The highest BCUT2D eigenvalue weighted by molar-refractivity contribution is 7.15. The topological polar surface area (TPSA) is 105 Å². The van der Waals surface area contributed by atoms with E-state index < -0.39 is 6.03 Å². The van der Waals surface area contributed by atoms with E-state index in [1.807, 2.05) is 25.1 Å². The van der Waals surface area contributed by atoms with Gasteiger partial charge in [-0.15, -0.1) is 11.3 Å². The van der Waals surface area contributed by atoms with Gasteiger partial charge in [0.2, 0.25) is 5.91 Å². The van der Waals surface area contributed by atoms with E-state index in [4.69, 9.17) is 10.5 Å². The first-order chi connectivity index (χ1) is 12.4. The van der Waals surface area contributed by atoms with Crippen LogP contribution in [0.1, 0.15) is 16.9 Å². The van der Waals surface area contributed by atoms with Gasteiger partial charge < -0.3 is 25.8 Å². The van der Waals surface area contributed by atoms with Crippen LogP contribution >= 0.6 is 11.3 Å². The van der Waals surface area contributed by atoms with Crippen LogP contribution in [-0.4, -0.2) is 41.6 Å². The molecule has 8 heteroatoms. The summed E-state index contributed by atoms with van der Waals surface area (Å²) in [6.07, 6.45) is 0.161. The summed E-state index contributed by atoms with van der Waals surface area (Å²) in [6, 6.07) is 7.03. The summed E-state index contributed by atoms with van der Waals surface area (Å²) >= 11 is 1.64. The van der Waals surface area contributed by atoms with Gasteiger partial charge in [-0.05, 0) is 36.8 Å². The third-order valence-corrected chi connectivity index (χ3v) is 5.18. The number of benzene rings is 1. The van der Waals surface area contributed by atoms with Crippen molar-refractivity contribution in [3.8, 4) is 21.9 Å². The molecule has 1 aliphatic rings. The van der Waals surface area contributed by atoms with Crippen molar-refractivity contribution in [2.24, 2.45) is 5.73 Å². The van der Waals surface area contributed by atoms with Crippen LogP contribution < -0.4 is 15.8 Å². The number of hydrogen-bond acceptors (Lipinski definition) is 5. The molecule has 4 N–H and O–H groups in total. The maximum absolute atomic E-state index is 12.4. The summed E-state index contributed by atoms with van der Waals surface area (Å²) in [5.74, 6) is 0.396. The van der Waals surface area contributed by atoms with Gasteiger partial charge >= 0.3 is 6.03 Å². The number of nitrogens with one attached hydrogen (secondary N) is 1. The number of rotatable bonds is 4. The van der Waals surface area contributed by atoms with Gasteiger partial charge in [0.25, 0.3) is 0 Å². The molecule has 0 saturated heterocycles. The number of urea groups is 1. The molecule has 0 unspecified atom stereocenters. The number of nitrogens with two attached hydrogens (primary N) is 1. The zero-order valence-corrected chi connectivity index (χ0v) is 15.3. The summed E-state index contributed by atoms with van der Waals surface area (Å²) in [4.78, 5) is 27.0. The SMILES string of the molecule is Cc1ccc(-c2cc(O)c3c(c2)CN(C(=O)CCNC(N)=O)CCO3)s1. The summed E-state index contributed by atoms with van der Waals surface area (Å²) in [5, 5.41) is 12.8. The van der Waals surface area contributed by atoms with Gasteiger partial charge in [0, 0.05) is 34.8 Å². The molecule has 1 aromatic heterocycles. The standard InChI is InChI=1S/C18H21N3O4S/c1-11-2-3-15(26-11)12-8-13-10-21(16(23)4-5-20-18(19)24)6-7-25-17(13)14(22)9-12/h2-3,8-9,22H,4-7,10H2,1H3,(H3,19,20,24). The van der Waals surface area contributed by atoms with E-state index in [0.29, 0.717) is 25.4 Å². The van der Waals surface area contributed by atoms with E-state index in [9.17, 15) is 14.7 Å². The van der Waals surface area contributed by atoms with E-state index in [0.717, 1.165) is 16.0 Å². The number of aromatic hydroxyl groups is 1. The molecule has 0 atom stereocenters. The minimum atomic E-state index is -0.650. The summed E-state index contributed by atoms with van der Waals surface area (Å²) in [7, 11) is 0. The first-order valence-electron chi connectivity index (χ1n) is 8.30. The first-order valence-corrected chi connectivity index (χ1v) is 9.12. The third-order valence-electron chi connectivity index (χ3n) is 4.13. The molecule has 3 amide bonds. The van der Waals surface area contributed by atoms with Crippen molar-refractivity contribution in [2.75, 3.05) is 19.7 Å². The zero-order chi connectivity index (χ0) is 18.7. The second kappa shape index (κ2) is 7.65. The summed E-state index contributed by atoms with van der Waals surface area (Å²) < 4.78 is 5.67. The minimum Gasteiger partial charge on any atom is -0.504 e. The Bertz CT molecular complexity index is 834. The van der Waals surface area contributed by atoms with Gasteiger partial charge in [-0.1, -0.05) is 0 Å². The van der Waals surface area contributed by atoms with E-state index in [1.54, 1.807) is 22.3 Å². The number of amides is 3.